The molecular formula is C13H17NO4. The monoisotopic (exact) mass is 251 g/mol. The number of esters is 1. The van der Waals surface area contributed by atoms with Gasteiger partial charge < -0.3 is 19.9 Å². The van der Waals surface area contributed by atoms with Crippen LogP contribution < -0.4 is 15.2 Å². The van der Waals surface area contributed by atoms with E-state index in [1.54, 1.807) is 0 Å². The predicted octanol–water partition coefficient (Wildman–Crippen LogP) is 1.41. The summed E-state index contributed by atoms with van der Waals surface area (Å²) in [5.74, 6) is 1.08. The van der Waals surface area contributed by atoms with E-state index in [1.165, 1.54) is 7.11 Å². The highest BCUT2D eigenvalue weighted by molar-refractivity contribution is 5.70. The van der Waals surface area contributed by atoms with E-state index in [9.17, 15) is 4.79 Å². The highest BCUT2D eigenvalue weighted by Crippen LogP contribution is 2.32. The third-order valence-electron chi connectivity index (χ3n) is 2.81. The largest absolute Gasteiger partial charge is 0.490 e. The number of ether oxygens (including phenoxy) is 3. The van der Waals surface area contributed by atoms with E-state index in [0.29, 0.717) is 19.0 Å². The average molecular weight is 251 g/mol. The fraction of sp³-hybridized carbons (Fsp3) is 0.462. The van der Waals surface area contributed by atoms with Gasteiger partial charge in [0.1, 0.15) is 0 Å². The van der Waals surface area contributed by atoms with Crippen LogP contribution in [0, 0.1) is 0 Å². The Balaban J connectivity index is 2.14. The van der Waals surface area contributed by atoms with Crippen molar-refractivity contribution in [1.82, 2.24) is 0 Å². The summed E-state index contributed by atoms with van der Waals surface area (Å²) in [6.45, 7) is 1.28. The lowest BCUT2D eigenvalue weighted by Crippen LogP contribution is -2.16. The minimum absolute atomic E-state index is 0.149. The standard InChI is InChI=1S/C13H17NO4/c1-16-13(15)8-10(14)9-3-4-11-12(7-9)18-6-2-5-17-11/h3-4,7,10H,2,5-6,8,14H2,1H3. The number of carbonyl (C=O) groups excluding carboxylic acids is 1. The van der Waals surface area contributed by atoms with Crippen LogP contribution in [0.1, 0.15) is 24.4 Å². The maximum absolute atomic E-state index is 11.2. The van der Waals surface area contributed by atoms with Crippen LogP contribution in [0.15, 0.2) is 18.2 Å². The van der Waals surface area contributed by atoms with E-state index in [0.717, 1.165) is 17.7 Å². The molecule has 1 unspecified atom stereocenters. The molecule has 0 amide bonds. The SMILES string of the molecule is COC(=O)CC(N)c1ccc2c(c1)OCCCO2. The van der Waals surface area contributed by atoms with Gasteiger partial charge in [-0.25, -0.2) is 0 Å². The van der Waals surface area contributed by atoms with Gasteiger partial charge in [-0.3, -0.25) is 4.79 Å². The Kier molecular flexibility index (Phi) is 4.04. The van der Waals surface area contributed by atoms with E-state index < -0.39 is 6.04 Å². The molecule has 1 aromatic rings. The zero-order chi connectivity index (χ0) is 13.0. The molecule has 0 saturated heterocycles. The second-order valence-corrected chi connectivity index (χ2v) is 4.14. The first kappa shape index (κ1) is 12.7. The molecule has 1 aromatic carbocycles. The number of hydrogen-bond donors (Lipinski definition) is 1. The van der Waals surface area contributed by atoms with Crippen molar-refractivity contribution < 1.29 is 19.0 Å². The molecule has 0 bridgehead atoms. The van der Waals surface area contributed by atoms with E-state index in [2.05, 4.69) is 4.74 Å². The number of fused-ring (bicyclic) bond motifs is 1. The molecule has 18 heavy (non-hydrogen) atoms. The van der Waals surface area contributed by atoms with Crippen LogP contribution in [-0.2, 0) is 9.53 Å². The molecule has 5 nitrogen and oxygen atoms in total. The first-order valence-corrected chi connectivity index (χ1v) is 5.92. The molecule has 98 valence electrons. The van der Waals surface area contributed by atoms with Crippen LogP contribution in [0.25, 0.3) is 0 Å². The zero-order valence-corrected chi connectivity index (χ0v) is 10.3. The molecule has 1 heterocycles. The van der Waals surface area contributed by atoms with Crippen LogP contribution >= 0.6 is 0 Å². The van der Waals surface area contributed by atoms with Crippen molar-refractivity contribution in [2.45, 2.75) is 18.9 Å². The van der Waals surface area contributed by atoms with Crippen LogP contribution in [0.2, 0.25) is 0 Å². The molecule has 0 spiro atoms. The first-order valence-electron chi connectivity index (χ1n) is 5.92. The van der Waals surface area contributed by atoms with Crippen molar-refractivity contribution in [1.29, 1.82) is 0 Å². The van der Waals surface area contributed by atoms with Crippen LogP contribution in [-0.4, -0.2) is 26.3 Å². The van der Waals surface area contributed by atoms with Gasteiger partial charge in [0.15, 0.2) is 11.5 Å². The number of benzene rings is 1. The molecule has 0 radical (unpaired) electrons. The zero-order valence-electron chi connectivity index (χ0n) is 10.3. The molecule has 0 fully saturated rings. The molecule has 2 rings (SSSR count). The van der Waals surface area contributed by atoms with Gasteiger partial charge in [0.2, 0.25) is 0 Å². The average Bonchev–Trinajstić information content (AvgIpc) is 2.62. The minimum atomic E-state index is -0.394. The maximum Gasteiger partial charge on any atom is 0.307 e. The maximum atomic E-state index is 11.2. The highest BCUT2D eigenvalue weighted by atomic mass is 16.5. The van der Waals surface area contributed by atoms with Crippen molar-refractivity contribution in [3.05, 3.63) is 23.8 Å². The summed E-state index contributed by atoms with van der Waals surface area (Å²) in [5, 5.41) is 0. The Hall–Kier alpha value is -1.75. The summed E-state index contributed by atoms with van der Waals surface area (Å²) >= 11 is 0. The fourth-order valence-corrected chi connectivity index (χ4v) is 1.79. The lowest BCUT2D eigenvalue weighted by atomic mass is 10.0. The van der Waals surface area contributed by atoms with Crippen molar-refractivity contribution >= 4 is 5.97 Å². The van der Waals surface area contributed by atoms with Gasteiger partial charge in [0.25, 0.3) is 0 Å². The minimum Gasteiger partial charge on any atom is -0.490 e. The topological polar surface area (TPSA) is 70.8 Å². The normalized spacial score (nSPS) is 15.7. The van der Waals surface area contributed by atoms with Crippen molar-refractivity contribution in [2.75, 3.05) is 20.3 Å². The van der Waals surface area contributed by atoms with Gasteiger partial charge in [0.05, 0.1) is 26.7 Å². The predicted molar refractivity (Wildman–Crippen MR) is 65.6 cm³/mol. The summed E-state index contributed by atoms with van der Waals surface area (Å²) in [6, 6.07) is 5.11. The third kappa shape index (κ3) is 2.92. The quantitative estimate of drug-likeness (QED) is 0.822. The molecule has 2 N–H and O–H groups in total. The van der Waals surface area contributed by atoms with Gasteiger partial charge >= 0.3 is 5.97 Å². The number of hydrogen-bond acceptors (Lipinski definition) is 5. The Morgan fingerprint density at radius 2 is 2.11 bits per heavy atom. The highest BCUT2D eigenvalue weighted by Gasteiger charge is 2.16. The first-order chi connectivity index (χ1) is 8.70. The van der Waals surface area contributed by atoms with Crippen molar-refractivity contribution in [3.63, 3.8) is 0 Å². The number of methoxy groups -OCH3 is 1. The number of rotatable bonds is 3. The molecule has 0 saturated carbocycles. The lowest BCUT2D eigenvalue weighted by Gasteiger charge is -2.13. The van der Waals surface area contributed by atoms with Gasteiger partial charge in [-0.15, -0.1) is 0 Å². The Morgan fingerprint density at radius 3 is 2.83 bits per heavy atom. The Bertz CT molecular complexity index is 433. The van der Waals surface area contributed by atoms with Crippen LogP contribution in [0.4, 0.5) is 0 Å². The molecule has 0 aromatic heterocycles. The summed E-state index contributed by atoms with van der Waals surface area (Å²) in [6.07, 6.45) is 1.01. The lowest BCUT2D eigenvalue weighted by molar-refractivity contribution is -0.141. The Labute approximate surface area is 106 Å². The second-order valence-electron chi connectivity index (χ2n) is 4.14. The van der Waals surface area contributed by atoms with Crippen LogP contribution in [0.3, 0.4) is 0 Å². The van der Waals surface area contributed by atoms with Crippen molar-refractivity contribution in [3.8, 4) is 11.5 Å². The van der Waals surface area contributed by atoms with Gasteiger partial charge in [-0.2, -0.15) is 0 Å². The third-order valence-corrected chi connectivity index (χ3v) is 2.81. The second kappa shape index (κ2) is 5.73. The number of carbonyl (C=O) groups is 1. The van der Waals surface area contributed by atoms with E-state index in [-0.39, 0.29) is 12.4 Å². The molecule has 1 aliphatic heterocycles. The molecule has 5 heteroatoms. The van der Waals surface area contributed by atoms with Gasteiger partial charge in [-0.1, -0.05) is 6.07 Å². The van der Waals surface area contributed by atoms with Crippen LogP contribution in [0.5, 0.6) is 11.5 Å². The molecule has 1 atom stereocenters. The van der Waals surface area contributed by atoms with E-state index in [1.807, 2.05) is 18.2 Å². The molecule has 0 aliphatic carbocycles. The van der Waals surface area contributed by atoms with Crippen molar-refractivity contribution in [2.24, 2.45) is 5.73 Å². The fourth-order valence-electron chi connectivity index (χ4n) is 1.79. The summed E-state index contributed by atoms with van der Waals surface area (Å²) in [4.78, 5) is 11.2. The van der Waals surface area contributed by atoms with E-state index >= 15 is 0 Å². The summed E-state index contributed by atoms with van der Waals surface area (Å²) in [7, 11) is 1.35. The molecular weight excluding hydrogens is 234 g/mol. The van der Waals surface area contributed by atoms with E-state index in [4.69, 9.17) is 15.2 Å². The molecule has 1 aliphatic rings. The smallest absolute Gasteiger partial charge is 0.307 e. The van der Waals surface area contributed by atoms with Gasteiger partial charge in [0, 0.05) is 12.5 Å². The Morgan fingerprint density at radius 1 is 1.39 bits per heavy atom. The van der Waals surface area contributed by atoms with Gasteiger partial charge in [-0.05, 0) is 17.7 Å². The summed E-state index contributed by atoms with van der Waals surface area (Å²) in [5.41, 5.74) is 6.78. The number of nitrogens with two attached hydrogens (primary N) is 1. The summed E-state index contributed by atoms with van der Waals surface area (Å²) < 4.78 is 15.7.